The SMILES string of the molecule is Cc1c(Cl)cccc1NC(=O)c1cccc(N2C(=O)c3cc(Cl)c(Cl)cc3C2=O)c1. The number of carbonyl (C=O) groups excluding carboxylic acids is 3. The van der Waals surface area contributed by atoms with E-state index in [1.807, 2.05) is 0 Å². The molecule has 0 unspecified atom stereocenters. The Balaban J connectivity index is 1.65. The van der Waals surface area contributed by atoms with Gasteiger partial charge in [-0.1, -0.05) is 46.9 Å². The van der Waals surface area contributed by atoms with Crippen molar-refractivity contribution in [2.45, 2.75) is 6.92 Å². The van der Waals surface area contributed by atoms with Crippen LogP contribution in [0.5, 0.6) is 0 Å². The molecule has 8 heteroatoms. The van der Waals surface area contributed by atoms with Crippen LogP contribution in [-0.4, -0.2) is 17.7 Å². The van der Waals surface area contributed by atoms with Gasteiger partial charge >= 0.3 is 0 Å². The monoisotopic (exact) mass is 458 g/mol. The fourth-order valence-corrected chi connectivity index (χ4v) is 3.69. The highest BCUT2D eigenvalue weighted by atomic mass is 35.5. The van der Waals surface area contributed by atoms with Gasteiger partial charge in [-0.15, -0.1) is 0 Å². The molecular formula is C22H13Cl3N2O3. The molecule has 0 fully saturated rings. The molecular weight excluding hydrogens is 447 g/mol. The van der Waals surface area contributed by atoms with E-state index in [1.54, 1.807) is 43.3 Å². The second-order valence-corrected chi connectivity index (χ2v) is 7.90. The summed E-state index contributed by atoms with van der Waals surface area (Å²) in [6.45, 7) is 1.80. The van der Waals surface area contributed by atoms with Gasteiger partial charge in [0.15, 0.2) is 0 Å². The van der Waals surface area contributed by atoms with E-state index in [4.69, 9.17) is 34.8 Å². The van der Waals surface area contributed by atoms with Gasteiger partial charge in [0, 0.05) is 16.3 Å². The van der Waals surface area contributed by atoms with Crippen LogP contribution in [0.1, 0.15) is 36.6 Å². The standard InChI is InChI=1S/C22H13Cl3N2O3/c1-11-16(23)6-3-7-19(11)26-20(28)12-4-2-5-13(8-12)27-21(29)14-9-17(24)18(25)10-15(14)22(27)30/h2-10H,1H3,(H,26,28). The van der Waals surface area contributed by atoms with E-state index in [0.29, 0.717) is 10.7 Å². The Morgan fingerprint density at radius 2 is 1.43 bits per heavy atom. The molecule has 30 heavy (non-hydrogen) atoms. The molecule has 0 saturated carbocycles. The molecule has 1 aliphatic rings. The van der Waals surface area contributed by atoms with Crippen molar-refractivity contribution in [3.8, 4) is 0 Å². The fraction of sp³-hybridized carbons (Fsp3) is 0.0455. The minimum Gasteiger partial charge on any atom is -0.322 e. The summed E-state index contributed by atoms with van der Waals surface area (Å²) in [5, 5.41) is 3.69. The summed E-state index contributed by atoms with van der Waals surface area (Å²) >= 11 is 18.1. The fourth-order valence-electron chi connectivity index (χ4n) is 3.19. The zero-order valence-corrected chi connectivity index (χ0v) is 17.8. The summed E-state index contributed by atoms with van der Waals surface area (Å²) in [6.07, 6.45) is 0. The largest absolute Gasteiger partial charge is 0.322 e. The lowest BCUT2D eigenvalue weighted by molar-refractivity contribution is 0.0924. The van der Waals surface area contributed by atoms with Gasteiger partial charge in [-0.3, -0.25) is 14.4 Å². The maximum absolute atomic E-state index is 12.8. The van der Waals surface area contributed by atoms with Crippen LogP contribution in [0.3, 0.4) is 0 Å². The lowest BCUT2D eigenvalue weighted by atomic mass is 10.1. The molecule has 3 aromatic rings. The molecule has 0 aliphatic carbocycles. The van der Waals surface area contributed by atoms with Gasteiger partial charge in [0.2, 0.25) is 0 Å². The Labute approximate surface area is 187 Å². The zero-order valence-electron chi connectivity index (χ0n) is 15.5. The number of rotatable bonds is 3. The minimum absolute atomic E-state index is 0.166. The van der Waals surface area contributed by atoms with Crippen molar-refractivity contribution < 1.29 is 14.4 Å². The first-order chi connectivity index (χ1) is 14.3. The molecule has 5 nitrogen and oxygen atoms in total. The molecule has 3 amide bonds. The van der Waals surface area contributed by atoms with Crippen molar-refractivity contribution in [1.29, 1.82) is 0 Å². The third-order valence-electron chi connectivity index (χ3n) is 4.81. The Hall–Kier alpha value is -2.86. The molecule has 0 radical (unpaired) electrons. The van der Waals surface area contributed by atoms with E-state index in [2.05, 4.69) is 5.32 Å². The number of amides is 3. The molecule has 0 spiro atoms. The molecule has 0 bridgehead atoms. The van der Waals surface area contributed by atoms with Crippen molar-refractivity contribution in [3.05, 3.63) is 91.9 Å². The quantitative estimate of drug-likeness (QED) is 0.488. The first-order valence-electron chi connectivity index (χ1n) is 8.82. The molecule has 1 heterocycles. The second-order valence-electron chi connectivity index (χ2n) is 6.67. The van der Waals surface area contributed by atoms with Gasteiger partial charge in [0.1, 0.15) is 0 Å². The normalized spacial score (nSPS) is 12.9. The summed E-state index contributed by atoms with van der Waals surface area (Å²) in [7, 11) is 0. The predicted octanol–water partition coefficient (Wildman–Crippen LogP) is 6.01. The second kappa shape index (κ2) is 7.76. The van der Waals surface area contributed by atoms with Gasteiger partial charge < -0.3 is 5.32 Å². The van der Waals surface area contributed by atoms with Crippen molar-refractivity contribution in [3.63, 3.8) is 0 Å². The molecule has 1 aliphatic heterocycles. The van der Waals surface area contributed by atoms with Crippen LogP contribution in [0.2, 0.25) is 15.1 Å². The van der Waals surface area contributed by atoms with Crippen LogP contribution in [0.15, 0.2) is 54.6 Å². The maximum atomic E-state index is 12.8. The van der Waals surface area contributed by atoms with Gasteiger partial charge in [0.05, 0.1) is 26.9 Å². The molecule has 3 aromatic carbocycles. The van der Waals surface area contributed by atoms with Gasteiger partial charge in [-0.2, -0.15) is 0 Å². The lowest BCUT2D eigenvalue weighted by Crippen LogP contribution is -2.29. The third-order valence-corrected chi connectivity index (χ3v) is 5.94. The van der Waals surface area contributed by atoms with Crippen molar-refractivity contribution in [1.82, 2.24) is 0 Å². The zero-order chi connectivity index (χ0) is 21.6. The number of nitrogens with zero attached hydrogens (tertiary/aromatic N) is 1. The number of hydrogen-bond donors (Lipinski definition) is 1. The van der Waals surface area contributed by atoms with E-state index in [0.717, 1.165) is 10.5 Å². The molecule has 0 atom stereocenters. The number of anilines is 2. The predicted molar refractivity (Wildman–Crippen MR) is 118 cm³/mol. The lowest BCUT2D eigenvalue weighted by Gasteiger charge is -2.15. The van der Waals surface area contributed by atoms with Crippen LogP contribution in [0.4, 0.5) is 11.4 Å². The number of fused-ring (bicyclic) bond motifs is 1. The summed E-state index contributed by atoms with van der Waals surface area (Å²) in [4.78, 5) is 39.4. The van der Waals surface area contributed by atoms with Gasteiger partial charge in [0.25, 0.3) is 17.7 Å². The third kappa shape index (κ3) is 3.45. The van der Waals surface area contributed by atoms with E-state index in [-0.39, 0.29) is 32.4 Å². The highest BCUT2D eigenvalue weighted by molar-refractivity contribution is 6.44. The number of imide groups is 1. The molecule has 150 valence electrons. The van der Waals surface area contributed by atoms with E-state index >= 15 is 0 Å². The summed E-state index contributed by atoms with van der Waals surface area (Å²) in [5.74, 6) is -1.46. The Morgan fingerprint density at radius 1 is 0.833 bits per heavy atom. The van der Waals surface area contributed by atoms with Crippen LogP contribution in [-0.2, 0) is 0 Å². The van der Waals surface area contributed by atoms with Crippen LogP contribution >= 0.6 is 34.8 Å². The Kier molecular flexibility index (Phi) is 5.28. The highest BCUT2D eigenvalue weighted by Crippen LogP contribution is 2.34. The molecule has 0 aromatic heterocycles. The Bertz CT molecular complexity index is 1200. The van der Waals surface area contributed by atoms with Crippen molar-refractivity contribution in [2.75, 3.05) is 10.2 Å². The topological polar surface area (TPSA) is 66.5 Å². The van der Waals surface area contributed by atoms with Crippen LogP contribution in [0, 0.1) is 6.92 Å². The summed E-state index contributed by atoms with van der Waals surface area (Å²) in [6, 6.07) is 14.2. The number of nitrogens with one attached hydrogen (secondary N) is 1. The van der Waals surface area contributed by atoms with Crippen molar-refractivity contribution >= 4 is 63.9 Å². The number of benzene rings is 3. The minimum atomic E-state index is -0.531. The number of halogens is 3. The molecule has 4 rings (SSSR count). The van der Waals surface area contributed by atoms with Crippen LogP contribution in [0.25, 0.3) is 0 Å². The van der Waals surface area contributed by atoms with E-state index in [9.17, 15) is 14.4 Å². The first kappa shape index (κ1) is 20.4. The summed E-state index contributed by atoms with van der Waals surface area (Å²) < 4.78 is 0. The smallest absolute Gasteiger partial charge is 0.266 e. The number of carbonyl (C=O) groups is 3. The first-order valence-corrected chi connectivity index (χ1v) is 9.95. The van der Waals surface area contributed by atoms with Gasteiger partial charge in [-0.05, 0) is 55.0 Å². The number of hydrogen-bond acceptors (Lipinski definition) is 3. The molecule has 0 saturated heterocycles. The Morgan fingerprint density at radius 3 is 2.07 bits per heavy atom. The van der Waals surface area contributed by atoms with Crippen molar-refractivity contribution in [2.24, 2.45) is 0 Å². The average Bonchev–Trinajstić information content (AvgIpc) is 2.95. The summed E-state index contributed by atoms with van der Waals surface area (Å²) in [5.41, 5.74) is 2.18. The van der Waals surface area contributed by atoms with Gasteiger partial charge in [-0.25, -0.2) is 4.90 Å². The van der Waals surface area contributed by atoms with E-state index in [1.165, 1.54) is 18.2 Å². The highest BCUT2D eigenvalue weighted by Gasteiger charge is 2.37. The van der Waals surface area contributed by atoms with Crippen LogP contribution < -0.4 is 10.2 Å². The van der Waals surface area contributed by atoms with E-state index < -0.39 is 17.7 Å². The average molecular weight is 460 g/mol. The maximum Gasteiger partial charge on any atom is 0.266 e. The molecule has 1 N–H and O–H groups in total.